The Bertz CT molecular complexity index is 360. The molecule has 0 spiro atoms. The highest BCUT2D eigenvalue weighted by Gasteiger charge is 2.11. The van der Waals surface area contributed by atoms with Crippen molar-refractivity contribution in [2.75, 3.05) is 5.75 Å². The van der Waals surface area contributed by atoms with Gasteiger partial charge in [-0.3, -0.25) is 0 Å². The molecular weight excluding hydrogens is 226 g/mol. The molecule has 0 bridgehead atoms. The Labute approximate surface area is 98.5 Å². The first-order valence-corrected chi connectivity index (χ1v) is 6.16. The van der Waals surface area contributed by atoms with Crippen molar-refractivity contribution in [2.24, 2.45) is 5.73 Å². The van der Waals surface area contributed by atoms with Crippen molar-refractivity contribution in [1.82, 2.24) is 9.97 Å². The second-order valence-corrected chi connectivity index (χ2v) is 4.40. The molecule has 0 amide bonds. The van der Waals surface area contributed by atoms with Crippen LogP contribution in [0.3, 0.4) is 0 Å². The van der Waals surface area contributed by atoms with Crippen molar-refractivity contribution in [2.45, 2.75) is 25.1 Å². The van der Waals surface area contributed by atoms with Gasteiger partial charge in [0.15, 0.2) is 0 Å². The van der Waals surface area contributed by atoms with Crippen LogP contribution in [0.25, 0.3) is 0 Å². The van der Waals surface area contributed by atoms with Crippen LogP contribution in [0.4, 0.5) is 0 Å². The molecule has 1 heterocycles. The largest absolute Gasteiger partial charge is 0.478 e. The van der Waals surface area contributed by atoms with Crippen LogP contribution in [-0.4, -0.2) is 32.8 Å². The topological polar surface area (TPSA) is 89.1 Å². The zero-order valence-corrected chi connectivity index (χ0v) is 9.91. The van der Waals surface area contributed by atoms with Gasteiger partial charge in [0.05, 0.1) is 5.69 Å². The Hall–Kier alpha value is -1.14. The van der Waals surface area contributed by atoms with Gasteiger partial charge in [-0.15, -0.1) is 0 Å². The number of nitrogens with two attached hydrogens (primary N) is 1. The Kier molecular flexibility index (Phi) is 5.21. The highest BCUT2D eigenvalue weighted by Crippen LogP contribution is 2.14. The predicted molar refractivity (Wildman–Crippen MR) is 63.4 cm³/mol. The summed E-state index contributed by atoms with van der Waals surface area (Å²) in [7, 11) is 0. The van der Waals surface area contributed by atoms with Crippen LogP contribution >= 0.6 is 11.8 Å². The molecule has 0 aromatic carbocycles. The number of carbonyl (C=O) groups is 1. The summed E-state index contributed by atoms with van der Waals surface area (Å²) in [5.74, 6) is 0.369. The predicted octanol–water partition coefficient (Wildman–Crippen LogP) is 1.15. The van der Waals surface area contributed by atoms with Crippen molar-refractivity contribution in [3.8, 4) is 0 Å². The molecule has 5 nitrogen and oxygen atoms in total. The highest BCUT2D eigenvalue weighted by atomic mass is 32.2. The van der Waals surface area contributed by atoms with Crippen LogP contribution in [0.2, 0.25) is 0 Å². The Morgan fingerprint density at radius 1 is 1.69 bits per heavy atom. The molecule has 1 aromatic rings. The fraction of sp³-hybridized carbons (Fsp3) is 0.500. The molecule has 1 atom stereocenters. The standard InChI is InChI=1S/C10H15N3O2S/c1-2-7(11)4-16-5-9-8(10(14)15)3-12-6-13-9/h3,6-7H,2,4-5,11H2,1H3,(H,14,15). The highest BCUT2D eigenvalue weighted by molar-refractivity contribution is 7.98. The molecule has 6 heteroatoms. The fourth-order valence-electron chi connectivity index (χ4n) is 1.07. The number of hydrogen-bond donors (Lipinski definition) is 2. The van der Waals surface area contributed by atoms with Crippen molar-refractivity contribution >= 4 is 17.7 Å². The summed E-state index contributed by atoms with van der Waals surface area (Å²) in [5.41, 5.74) is 6.48. The molecule has 3 N–H and O–H groups in total. The number of carboxylic acids is 1. The molecule has 0 aliphatic heterocycles. The van der Waals surface area contributed by atoms with E-state index in [4.69, 9.17) is 10.8 Å². The minimum Gasteiger partial charge on any atom is -0.478 e. The van der Waals surface area contributed by atoms with E-state index in [-0.39, 0.29) is 11.6 Å². The third kappa shape index (κ3) is 3.79. The molecule has 0 fully saturated rings. The molecule has 16 heavy (non-hydrogen) atoms. The number of thioether (sulfide) groups is 1. The summed E-state index contributed by atoms with van der Waals surface area (Å²) in [6, 6.07) is 0.153. The van der Waals surface area contributed by atoms with E-state index in [1.165, 1.54) is 12.5 Å². The molecule has 0 saturated carbocycles. The van der Waals surface area contributed by atoms with Gasteiger partial charge in [0.2, 0.25) is 0 Å². The van der Waals surface area contributed by atoms with Crippen LogP contribution < -0.4 is 5.73 Å². The fourth-order valence-corrected chi connectivity index (χ4v) is 2.15. The summed E-state index contributed by atoms with van der Waals surface area (Å²) < 4.78 is 0. The zero-order valence-electron chi connectivity index (χ0n) is 9.09. The van der Waals surface area contributed by atoms with Crippen LogP contribution in [0.1, 0.15) is 29.4 Å². The van der Waals surface area contributed by atoms with E-state index in [0.29, 0.717) is 11.4 Å². The molecule has 88 valence electrons. The lowest BCUT2D eigenvalue weighted by molar-refractivity contribution is 0.0695. The Morgan fingerprint density at radius 3 is 3.06 bits per heavy atom. The number of nitrogens with zero attached hydrogens (tertiary/aromatic N) is 2. The molecule has 1 rings (SSSR count). The number of hydrogen-bond acceptors (Lipinski definition) is 5. The van der Waals surface area contributed by atoms with Gasteiger partial charge in [0, 0.05) is 23.7 Å². The zero-order chi connectivity index (χ0) is 12.0. The molecule has 1 aromatic heterocycles. The summed E-state index contributed by atoms with van der Waals surface area (Å²) >= 11 is 1.59. The Morgan fingerprint density at radius 2 is 2.44 bits per heavy atom. The van der Waals surface area contributed by atoms with Crippen LogP contribution in [0.5, 0.6) is 0 Å². The molecule has 0 saturated heterocycles. The van der Waals surface area contributed by atoms with Gasteiger partial charge in [-0.2, -0.15) is 11.8 Å². The van der Waals surface area contributed by atoms with Gasteiger partial charge in [-0.1, -0.05) is 6.92 Å². The van der Waals surface area contributed by atoms with Gasteiger partial charge in [0.25, 0.3) is 0 Å². The van der Waals surface area contributed by atoms with E-state index >= 15 is 0 Å². The lowest BCUT2D eigenvalue weighted by Gasteiger charge is -2.08. The number of aromatic nitrogens is 2. The summed E-state index contributed by atoms with van der Waals surface area (Å²) in [5, 5.41) is 8.91. The van der Waals surface area contributed by atoms with Gasteiger partial charge in [-0.05, 0) is 6.42 Å². The SMILES string of the molecule is CCC(N)CSCc1ncncc1C(=O)O. The van der Waals surface area contributed by atoms with Gasteiger partial charge < -0.3 is 10.8 Å². The normalized spacial score (nSPS) is 12.4. The molecule has 0 radical (unpaired) electrons. The van der Waals surface area contributed by atoms with Gasteiger partial charge in [-0.25, -0.2) is 14.8 Å². The summed E-state index contributed by atoms with van der Waals surface area (Å²) in [4.78, 5) is 18.5. The van der Waals surface area contributed by atoms with Crippen molar-refractivity contribution in [3.63, 3.8) is 0 Å². The first kappa shape index (κ1) is 12.9. The minimum atomic E-state index is -0.990. The first-order chi connectivity index (χ1) is 7.65. The number of aromatic carboxylic acids is 1. The molecule has 0 aliphatic rings. The van der Waals surface area contributed by atoms with Gasteiger partial charge in [0.1, 0.15) is 11.9 Å². The van der Waals surface area contributed by atoms with E-state index in [0.717, 1.165) is 12.2 Å². The van der Waals surface area contributed by atoms with Crippen LogP contribution in [0.15, 0.2) is 12.5 Å². The van der Waals surface area contributed by atoms with Crippen LogP contribution in [0, 0.1) is 0 Å². The average Bonchev–Trinajstić information content (AvgIpc) is 2.29. The Balaban J connectivity index is 2.56. The summed E-state index contributed by atoms with van der Waals surface area (Å²) in [6.07, 6.45) is 3.61. The van der Waals surface area contributed by atoms with E-state index in [9.17, 15) is 4.79 Å². The van der Waals surface area contributed by atoms with Crippen molar-refractivity contribution in [3.05, 3.63) is 23.8 Å². The monoisotopic (exact) mass is 241 g/mol. The van der Waals surface area contributed by atoms with Crippen molar-refractivity contribution in [1.29, 1.82) is 0 Å². The third-order valence-electron chi connectivity index (χ3n) is 2.12. The van der Waals surface area contributed by atoms with Gasteiger partial charge >= 0.3 is 5.97 Å². The quantitative estimate of drug-likeness (QED) is 0.776. The second kappa shape index (κ2) is 6.44. The van der Waals surface area contributed by atoms with Crippen LogP contribution in [-0.2, 0) is 5.75 Å². The molecule has 0 aliphatic carbocycles. The van der Waals surface area contributed by atoms with E-state index in [1.54, 1.807) is 11.8 Å². The number of rotatable bonds is 6. The third-order valence-corrected chi connectivity index (χ3v) is 3.26. The molecular formula is C10H15N3O2S. The maximum absolute atomic E-state index is 10.9. The summed E-state index contributed by atoms with van der Waals surface area (Å²) in [6.45, 7) is 2.03. The smallest absolute Gasteiger partial charge is 0.339 e. The first-order valence-electron chi connectivity index (χ1n) is 5.00. The lowest BCUT2D eigenvalue weighted by atomic mass is 10.2. The maximum atomic E-state index is 10.9. The maximum Gasteiger partial charge on any atom is 0.339 e. The second-order valence-electron chi connectivity index (χ2n) is 3.37. The molecule has 1 unspecified atom stereocenters. The van der Waals surface area contributed by atoms with E-state index < -0.39 is 5.97 Å². The minimum absolute atomic E-state index is 0.153. The van der Waals surface area contributed by atoms with E-state index in [1.807, 2.05) is 6.92 Å². The van der Waals surface area contributed by atoms with Crippen molar-refractivity contribution < 1.29 is 9.90 Å². The van der Waals surface area contributed by atoms with E-state index in [2.05, 4.69) is 9.97 Å². The number of carboxylic acid groups (broad SMARTS) is 1. The lowest BCUT2D eigenvalue weighted by Crippen LogP contribution is -2.21. The average molecular weight is 241 g/mol.